The fraction of sp³-hybridized carbons (Fsp3) is 0.923. The molecule has 2 saturated heterocycles. The zero-order valence-electron chi connectivity index (χ0n) is 10.9. The number of rotatable bonds is 3. The first-order valence-corrected chi connectivity index (χ1v) is 6.63. The van der Waals surface area contributed by atoms with Crippen molar-refractivity contribution < 1.29 is 4.74 Å². The molecule has 2 aliphatic heterocycles. The maximum Gasteiger partial charge on any atom is 0.109 e. The summed E-state index contributed by atoms with van der Waals surface area (Å²) in [7, 11) is 2.13. The monoisotopic (exact) mass is 237 g/mol. The standard InChI is InChI=1S/C13H23N3O/c1-11-8-13(10-14,5-6-16(11)2)15-9-12-4-3-7-17-12/h11-12,15H,3-9H2,1-2H3. The molecule has 4 heteroatoms. The number of hydrogen-bond donors (Lipinski definition) is 1. The first-order chi connectivity index (χ1) is 8.15. The van der Waals surface area contributed by atoms with Crippen molar-refractivity contribution in [3.05, 3.63) is 0 Å². The summed E-state index contributed by atoms with van der Waals surface area (Å²) < 4.78 is 5.60. The molecule has 0 bridgehead atoms. The van der Waals surface area contributed by atoms with E-state index < -0.39 is 0 Å². The Hall–Kier alpha value is -0.630. The van der Waals surface area contributed by atoms with Crippen LogP contribution in [-0.4, -0.2) is 49.3 Å². The number of likely N-dealkylation sites (tertiary alicyclic amines) is 1. The lowest BCUT2D eigenvalue weighted by Crippen LogP contribution is -2.56. The minimum atomic E-state index is -0.335. The predicted octanol–water partition coefficient (Wildman–Crippen LogP) is 1.13. The van der Waals surface area contributed by atoms with Crippen LogP contribution >= 0.6 is 0 Å². The van der Waals surface area contributed by atoms with E-state index in [9.17, 15) is 5.26 Å². The number of nitrogens with one attached hydrogen (secondary N) is 1. The van der Waals surface area contributed by atoms with Crippen LogP contribution in [0.1, 0.15) is 32.6 Å². The zero-order chi connectivity index (χ0) is 12.3. The number of nitrogens with zero attached hydrogens (tertiary/aromatic N) is 2. The summed E-state index contributed by atoms with van der Waals surface area (Å²) >= 11 is 0. The summed E-state index contributed by atoms with van der Waals surface area (Å²) in [6.07, 6.45) is 4.42. The van der Waals surface area contributed by atoms with Crippen molar-refractivity contribution in [2.24, 2.45) is 0 Å². The van der Waals surface area contributed by atoms with E-state index in [0.29, 0.717) is 12.1 Å². The van der Waals surface area contributed by atoms with Gasteiger partial charge < -0.3 is 9.64 Å². The third-order valence-corrected chi connectivity index (χ3v) is 4.19. The molecule has 0 aliphatic carbocycles. The average molecular weight is 237 g/mol. The highest BCUT2D eigenvalue weighted by Crippen LogP contribution is 2.26. The molecule has 0 spiro atoms. The third kappa shape index (κ3) is 2.98. The van der Waals surface area contributed by atoms with Gasteiger partial charge in [0.1, 0.15) is 5.54 Å². The van der Waals surface area contributed by atoms with E-state index in [-0.39, 0.29) is 5.54 Å². The molecule has 2 rings (SSSR count). The van der Waals surface area contributed by atoms with E-state index in [1.54, 1.807) is 0 Å². The van der Waals surface area contributed by atoms with Crippen molar-refractivity contribution in [1.29, 1.82) is 5.26 Å². The van der Waals surface area contributed by atoms with Gasteiger partial charge in [0.2, 0.25) is 0 Å². The van der Waals surface area contributed by atoms with E-state index >= 15 is 0 Å². The Balaban J connectivity index is 1.88. The van der Waals surface area contributed by atoms with Gasteiger partial charge in [0.25, 0.3) is 0 Å². The molecule has 3 unspecified atom stereocenters. The molecule has 0 aromatic rings. The fourth-order valence-corrected chi connectivity index (χ4v) is 2.77. The lowest BCUT2D eigenvalue weighted by atomic mass is 9.85. The van der Waals surface area contributed by atoms with Crippen molar-refractivity contribution in [2.75, 3.05) is 26.7 Å². The van der Waals surface area contributed by atoms with Gasteiger partial charge in [0, 0.05) is 25.7 Å². The SMILES string of the molecule is CC1CC(C#N)(NCC2CCCO2)CCN1C. The molecule has 0 radical (unpaired) electrons. The highest BCUT2D eigenvalue weighted by atomic mass is 16.5. The number of piperidine rings is 1. The Labute approximate surface area is 104 Å². The Morgan fingerprint density at radius 2 is 2.41 bits per heavy atom. The van der Waals surface area contributed by atoms with Crippen LogP contribution in [0.15, 0.2) is 0 Å². The Morgan fingerprint density at radius 3 is 3.00 bits per heavy atom. The predicted molar refractivity (Wildman–Crippen MR) is 66.6 cm³/mol. The Kier molecular flexibility index (Phi) is 4.03. The van der Waals surface area contributed by atoms with Crippen LogP contribution in [0.5, 0.6) is 0 Å². The number of hydrogen-bond acceptors (Lipinski definition) is 4. The molecule has 0 aromatic heterocycles. The van der Waals surface area contributed by atoms with Crippen LogP contribution in [0.3, 0.4) is 0 Å². The number of nitriles is 1. The minimum absolute atomic E-state index is 0.315. The van der Waals surface area contributed by atoms with Crippen LogP contribution in [0.4, 0.5) is 0 Å². The summed E-state index contributed by atoms with van der Waals surface area (Å²) in [5.74, 6) is 0. The molecular weight excluding hydrogens is 214 g/mol. The van der Waals surface area contributed by atoms with Gasteiger partial charge in [-0.25, -0.2) is 0 Å². The lowest BCUT2D eigenvalue weighted by molar-refractivity contribution is 0.0880. The molecule has 0 amide bonds. The fourth-order valence-electron chi connectivity index (χ4n) is 2.77. The second kappa shape index (κ2) is 5.34. The van der Waals surface area contributed by atoms with E-state index in [0.717, 1.165) is 45.4 Å². The van der Waals surface area contributed by atoms with E-state index in [2.05, 4.69) is 30.3 Å². The van der Waals surface area contributed by atoms with Crippen LogP contribution < -0.4 is 5.32 Å². The maximum atomic E-state index is 9.45. The second-order valence-corrected chi connectivity index (χ2v) is 5.49. The Bertz CT molecular complexity index is 296. The molecule has 4 nitrogen and oxygen atoms in total. The average Bonchev–Trinajstić information content (AvgIpc) is 2.84. The first kappa shape index (κ1) is 12.8. The topological polar surface area (TPSA) is 48.3 Å². The normalized spacial score (nSPS) is 39.1. The van der Waals surface area contributed by atoms with E-state index in [1.807, 2.05) is 0 Å². The summed E-state index contributed by atoms with van der Waals surface area (Å²) in [6, 6.07) is 2.97. The van der Waals surface area contributed by atoms with Crippen molar-refractivity contribution in [1.82, 2.24) is 10.2 Å². The molecule has 2 heterocycles. The van der Waals surface area contributed by atoms with Gasteiger partial charge in [-0.05, 0) is 39.7 Å². The smallest absolute Gasteiger partial charge is 0.109 e. The Morgan fingerprint density at radius 1 is 1.59 bits per heavy atom. The first-order valence-electron chi connectivity index (χ1n) is 6.63. The summed E-state index contributed by atoms with van der Waals surface area (Å²) in [6.45, 7) is 4.89. The van der Waals surface area contributed by atoms with Crippen LogP contribution in [0, 0.1) is 11.3 Å². The largest absolute Gasteiger partial charge is 0.377 e. The molecular formula is C13H23N3O. The van der Waals surface area contributed by atoms with Crippen LogP contribution in [0.2, 0.25) is 0 Å². The van der Waals surface area contributed by atoms with Crippen LogP contribution in [-0.2, 0) is 4.74 Å². The highest BCUT2D eigenvalue weighted by molar-refractivity contribution is 5.11. The number of ether oxygens (including phenoxy) is 1. The third-order valence-electron chi connectivity index (χ3n) is 4.19. The molecule has 0 saturated carbocycles. The second-order valence-electron chi connectivity index (χ2n) is 5.49. The van der Waals surface area contributed by atoms with Crippen molar-refractivity contribution in [2.45, 2.75) is 50.3 Å². The molecule has 2 aliphatic rings. The minimum Gasteiger partial charge on any atom is -0.377 e. The van der Waals surface area contributed by atoms with E-state index in [4.69, 9.17) is 4.74 Å². The van der Waals surface area contributed by atoms with Crippen molar-refractivity contribution >= 4 is 0 Å². The maximum absolute atomic E-state index is 9.45. The molecule has 96 valence electrons. The molecule has 3 atom stereocenters. The van der Waals surface area contributed by atoms with Gasteiger partial charge in [0.15, 0.2) is 0 Å². The van der Waals surface area contributed by atoms with Gasteiger partial charge in [0.05, 0.1) is 12.2 Å². The zero-order valence-corrected chi connectivity index (χ0v) is 10.9. The quantitative estimate of drug-likeness (QED) is 0.799. The van der Waals surface area contributed by atoms with Crippen LogP contribution in [0.25, 0.3) is 0 Å². The van der Waals surface area contributed by atoms with Gasteiger partial charge in [-0.1, -0.05) is 0 Å². The molecule has 2 fully saturated rings. The molecule has 1 N–H and O–H groups in total. The molecule has 0 aromatic carbocycles. The van der Waals surface area contributed by atoms with E-state index in [1.165, 1.54) is 0 Å². The summed E-state index contributed by atoms with van der Waals surface area (Å²) in [5.41, 5.74) is -0.335. The summed E-state index contributed by atoms with van der Waals surface area (Å²) in [5, 5.41) is 12.9. The lowest BCUT2D eigenvalue weighted by Gasteiger charge is -2.41. The molecule has 17 heavy (non-hydrogen) atoms. The van der Waals surface area contributed by atoms with Crippen molar-refractivity contribution in [3.63, 3.8) is 0 Å². The highest BCUT2D eigenvalue weighted by Gasteiger charge is 2.37. The van der Waals surface area contributed by atoms with Gasteiger partial charge in [-0.2, -0.15) is 5.26 Å². The summed E-state index contributed by atoms with van der Waals surface area (Å²) in [4.78, 5) is 2.32. The van der Waals surface area contributed by atoms with Crippen molar-refractivity contribution in [3.8, 4) is 6.07 Å². The van der Waals surface area contributed by atoms with Gasteiger partial charge >= 0.3 is 0 Å². The van der Waals surface area contributed by atoms with Gasteiger partial charge in [-0.3, -0.25) is 5.32 Å². The van der Waals surface area contributed by atoms with Gasteiger partial charge in [-0.15, -0.1) is 0 Å².